The SMILES string of the molecule is CNCCC(O)c1ncc(C)s1. The van der Waals surface area contributed by atoms with Crippen LogP contribution in [-0.2, 0) is 0 Å². The minimum atomic E-state index is -0.406. The van der Waals surface area contributed by atoms with E-state index in [4.69, 9.17) is 0 Å². The third kappa shape index (κ3) is 2.55. The molecule has 1 rings (SSSR count). The molecular formula is C8H14N2OS. The number of thiazole rings is 1. The van der Waals surface area contributed by atoms with Gasteiger partial charge in [-0.15, -0.1) is 11.3 Å². The molecule has 0 spiro atoms. The van der Waals surface area contributed by atoms with Gasteiger partial charge in [-0.1, -0.05) is 0 Å². The van der Waals surface area contributed by atoms with Gasteiger partial charge in [-0.2, -0.15) is 0 Å². The lowest BCUT2D eigenvalue weighted by Crippen LogP contribution is -2.11. The zero-order valence-corrected chi connectivity index (χ0v) is 8.19. The van der Waals surface area contributed by atoms with Crippen molar-refractivity contribution in [3.63, 3.8) is 0 Å². The molecule has 0 bridgehead atoms. The largest absolute Gasteiger partial charge is 0.386 e. The highest BCUT2D eigenvalue weighted by Crippen LogP contribution is 2.21. The number of nitrogens with one attached hydrogen (secondary N) is 1. The predicted octanol–water partition coefficient (Wildman–Crippen LogP) is 1.09. The number of hydrogen-bond donors (Lipinski definition) is 2. The van der Waals surface area contributed by atoms with Crippen molar-refractivity contribution in [2.24, 2.45) is 0 Å². The van der Waals surface area contributed by atoms with E-state index in [-0.39, 0.29) is 0 Å². The van der Waals surface area contributed by atoms with Gasteiger partial charge < -0.3 is 10.4 Å². The maximum Gasteiger partial charge on any atom is 0.121 e. The molecule has 0 fully saturated rings. The first kappa shape index (κ1) is 9.64. The van der Waals surface area contributed by atoms with Crippen LogP contribution in [0.4, 0.5) is 0 Å². The third-order valence-electron chi connectivity index (χ3n) is 1.59. The zero-order chi connectivity index (χ0) is 8.97. The molecule has 12 heavy (non-hydrogen) atoms. The number of aliphatic hydroxyl groups excluding tert-OH is 1. The summed E-state index contributed by atoms with van der Waals surface area (Å²) >= 11 is 1.56. The summed E-state index contributed by atoms with van der Waals surface area (Å²) in [5, 5.41) is 13.4. The lowest BCUT2D eigenvalue weighted by atomic mass is 10.3. The Morgan fingerprint density at radius 3 is 3.00 bits per heavy atom. The van der Waals surface area contributed by atoms with E-state index >= 15 is 0 Å². The number of nitrogens with zero attached hydrogens (tertiary/aromatic N) is 1. The highest BCUT2D eigenvalue weighted by atomic mass is 32.1. The summed E-state index contributed by atoms with van der Waals surface area (Å²) in [4.78, 5) is 5.26. The first-order valence-corrected chi connectivity index (χ1v) is 4.80. The van der Waals surface area contributed by atoms with Gasteiger partial charge in [0.25, 0.3) is 0 Å². The van der Waals surface area contributed by atoms with Crippen molar-refractivity contribution < 1.29 is 5.11 Å². The third-order valence-corrected chi connectivity index (χ3v) is 2.61. The van der Waals surface area contributed by atoms with E-state index in [9.17, 15) is 5.11 Å². The van der Waals surface area contributed by atoms with Crippen LogP contribution in [0.5, 0.6) is 0 Å². The normalized spacial score (nSPS) is 13.2. The van der Waals surface area contributed by atoms with Gasteiger partial charge in [0, 0.05) is 11.1 Å². The van der Waals surface area contributed by atoms with E-state index in [2.05, 4.69) is 10.3 Å². The minimum Gasteiger partial charge on any atom is -0.386 e. The number of aliphatic hydroxyl groups is 1. The highest BCUT2D eigenvalue weighted by Gasteiger charge is 2.09. The second kappa shape index (κ2) is 4.54. The van der Waals surface area contributed by atoms with E-state index in [1.807, 2.05) is 14.0 Å². The summed E-state index contributed by atoms with van der Waals surface area (Å²) < 4.78 is 0. The number of aromatic nitrogens is 1. The first-order chi connectivity index (χ1) is 5.74. The van der Waals surface area contributed by atoms with Crippen LogP contribution in [0.1, 0.15) is 22.4 Å². The van der Waals surface area contributed by atoms with Crippen LogP contribution in [-0.4, -0.2) is 23.7 Å². The van der Waals surface area contributed by atoms with Crippen molar-refractivity contribution in [3.8, 4) is 0 Å². The molecular weight excluding hydrogens is 172 g/mol. The fraction of sp³-hybridized carbons (Fsp3) is 0.625. The second-order valence-electron chi connectivity index (χ2n) is 2.72. The molecule has 0 aliphatic carbocycles. The Morgan fingerprint density at radius 2 is 2.50 bits per heavy atom. The van der Waals surface area contributed by atoms with Gasteiger partial charge in [-0.05, 0) is 26.9 Å². The quantitative estimate of drug-likeness (QED) is 0.740. The molecule has 0 aromatic carbocycles. The first-order valence-electron chi connectivity index (χ1n) is 3.99. The lowest BCUT2D eigenvalue weighted by molar-refractivity contribution is 0.167. The standard InChI is InChI=1S/C8H14N2OS/c1-6-5-10-8(12-6)7(11)3-4-9-2/h5,7,9,11H,3-4H2,1-2H3. The highest BCUT2D eigenvalue weighted by molar-refractivity contribution is 7.11. The Morgan fingerprint density at radius 1 is 1.75 bits per heavy atom. The second-order valence-corrected chi connectivity index (χ2v) is 3.98. The van der Waals surface area contributed by atoms with Gasteiger partial charge in [-0.3, -0.25) is 0 Å². The van der Waals surface area contributed by atoms with E-state index < -0.39 is 6.10 Å². The van der Waals surface area contributed by atoms with Gasteiger partial charge >= 0.3 is 0 Å². The van der Waals surface area contributed by atoms with Gasteiger partial charge in [0.05, 0.1) is 0 Å². The molecule has 0 radical (unpaired) electrons. The van der Waals surface area contributed by atoms with Gasteiger partial charge in [0.2, 0.25) is 0 Å². The number of hydrogen-bond acceptors (Lipinski definition) is 4. The Kier molecular flexibility index (Phi) is 3.65. The summed E-state index contributed by atoms with van der Waals surface area (Å²) in [5.41, 5.74) is 0. The predicted molar refractivity (Wildman–Crippen MR) is 50.4 cm³/mol. The molecule has 1 aromatic heterocycles. The van der Waals surface area contributed by atoms with Crippen molar-refractivity contribution in [2.75, 3.05) is 13.6 Å². The van der Waals surface area contributed by atoms with Gasteiger partial charge in [-0.25, -0.2) is 4.98 Å². The maximum atomic E-state index is 9.57. The fourth-order valence-electron chi connectivity index (χ4n) is 0.931. The molecule has 0 aliphatic heterocycles. The van der Waals surface area contributed by atoms with Crippen LogP contribution in [0.15, 0.2) is 6.20 Å². The number of aryl methyl sites for hydroxylation is 1. The van der Waals surface area contributed by atoms with Crippen molar-refractivity contribution in [3.05, 3.63) is 16.1 Å². The van der Waals surface area contributed by atoms with Crippen LogP contribution in [0.3, 0.4) is 0 Å². The van der Waals surface area contributed by atoms with Crippen molar-refractivity contribution >= 4 is 11.3 Å². The summed E-state index contributed by atoms with van der Waals surface area (Å²) in [5.74, 6) is 0. The van der Waals surface area contributed by atoms with Crippen LogP contribution in [0.2, 0.25) is 0 Å². The van der Waals surface area contributed by atoms with Gasteiger partial charge in [0.1, 0.15) is 11.1 Å². The summed E-state index contributed by atoms with van der Waals surface area (Å²) in [6, 6.07) is 0. The molecule has 0 saturated carbocycles. The van der Waals surface area contributed by atoms with Crippen molar-refractivity contribution in [2.45, 2.75) is 19.4 Å². The van der Waals surface area contributed by atoms with Crippen molar-refractivity contribution in [1.82, 2.24) is 10.3 Å². The summed E-state index contributed by atoms with van der Waals surface area (Å²) in [7, 11) is 1.87. The summed E-state index contributed by atoms with van der Waals surface area (Å²) in [6.07, 6.45) is 2.11. The lowest BCUT2D eigenvalue weighted by Gasteiger charge is -2.05. The van der Waals surface area contributed by atoms with E-state index in [1.165, 1.54) is 0 Å². The summed E-state index contributed by atoms with van der Waals surface area (Å²) in [6.45, 7) is 2.81. The molecule has 0 saturated heterocycles. The maximum absolute atomic E-state index is 9.57. The molecule has 0 aliphatic rings. The average Bonchev–Trinajstić information content (AvgIpc) is 2.47. The minimum absolute atomic E-state index is 0.406. The van der Waals surface area contributed by atoms with Crippen LogP contribution < -0.4 is 5.32 Å². The molecule has 1 unspecified atom stereocenters. The smallest absolute Gasteiger partial charge is 0.121 e. The Hall–Kier alpha value is -0.450. The van der Waals surface area contributed by atoms with Crippen molar-refractivity contribution in [1.29, 1.82) is 0 Å². The monoisotopic (exact) mass is 186 g/mol. The van der Waals surface area contributed by atoms with Crippen LogP contribution in [0.25, 0.3) is 0 Å². The van der Waals surface area contributed by atoms with E-state index in [1.54, 1.807) is 17.5 Å². The fourth-order valence-corrected chi connectivity index (χ4v) is 1.73. The zero-order valence-electron chi connectivity index (χ0n) is 7.37. The Bertz CT molecular complexity index is 237. The topological polar surface area (TPSA) is 45.1 Å². The van der Waals surface area contributed by atoms with E-state index in [0.717, 1.165) is 22.9 Å². The molecule has 4 heteroatoms. The Labute approximate surface area is 76.5 Å². The molecule has 0 amide bonds. The van der Waals surface area contributed by atoms with Crippen LogP contribution >= 0.6 is 11.3 Å². The molecule has 1 atom stereocenters. The van der Waals surface area contributed by atoms with Gasteiger partial charge in [0.15, 0.2) is 0 Å². The Balaban J connectivity index is 2.47. The molecule has 1 heterocycles. The molecule has 1 aromatic rings. The number of rotatable bonds is 4. The van der Waals surface area contributed by atoms with E-state index in [0.29, 0.717) is 0 Å². The molecule has 3 nitrogen and oxygen atoms in total. The average molecular weight is 186 g/mol. The molecule has 2 N–H and O–H groups in total. The molecule has 68 valence electrons. The van der Waals surface area contributed by atoms with Crippen LogP contribution in [0, 0.1) is 6.92 Å².